The van der Waals surface area contributed by atoms with Crippen molar-refractivity contribution in [3.05, 3.63) is 191 Å². The van der Waals surface area contributed by atoms with Gasteiger partial charge in [-0.15, -0.1) is 0 Å². The lowest BCUT2D eigenvalue weighted by atomic mass is 10.1. The summed E-state index contributed by atoms with van der Waals surface area (Å²) in [5, 5.41) is 43.9. The Morgan fingerprint density at radius 2 is 0.787 bits per heavy atom. The predicted molar refractivity (Wildman–Crippen MR) is 310 cm³/mol. The van der Waals surface area contributed by atoms with E-state index in [9.17, 15) is 27.8 Å². The third-order valence-corrected chi connectivity index (χ3v) is 13.9. The molecular weight excluding hydrogens is 1030 g/mol. The topological polar surface area (TPSA) is 140 Å². The highest BCUT2D eigenvalue weighted by molar-refractivity contribution is 5.92. The molecule has 10 rings (SSSR count). The van der Waals surface area contributed by atoms with Gasteiger partial charge in [0.25, 0.3) is 0 Å². The molecule has 0 atom stereocenters. The van der Waals surface area contributed by atoms with Crippen molar-refractivity contribution in [3.63, 3.8) is 0 Å². The van der Waals surface area contributed by atoms with E-state index in [1.807, 2.05) is 102 Å². The van der Waals surface area contributed by atoms with Crippen LogP contribution < -0.4 is 19.5 Å². The molecule has 0 spiro atoms. The normalized spacial score (nSPS) is 11.1. The first-order valence-corrected chi connectivity index (χ1v) is 27.1. The summed E-state index contributed by atoms with van der Waals surface area (Å²) < 4.78 is 78.8. The molecule has 5 N–H and O–H groups in total. The first kappa shape index (κ1) is 59.9. The van der Waals surface area contributed by atoms with E-state index < -0.39 is 5.82 Å². The first-order chi connectivity index (χ1) is 38.8. The fourth-order valence-electron chi connectivity index (χ4n) is 10.2. The second kappa shape index (κ2) is 28.9. The number of aliphatic hydroxyl groups excluding tert-OH is 3. The Kier molecular flexibility index (Phi) is 21.7. The SMILES string of the molecule is CCn1cc(CCNCc2ccccc2)c2c(OC)cc(F)cc21.CCn1cc(CCO)c2c(O)cc(F)cc21.CCn1cc(CCO)c2c(OC)cc(F)cc21.CCn1cc(CCO)c2c(OCc3ccccc3)cc(F)cc21. The van der Waals surface area contributed by atoms with E-state index in [-0.39, 0.29) is 43.0 Å². The van der Waals surface area contributed by atoms with Crippen LogP contribution in [0.5, 0.6) is 23.0 Å². The van der Waals surface area contributed by atoms with Crippen molar-refractivity contribution in [1.82, 2.24) is 23.6 Å². The molecule has 0 aliphatic carbocycles. The van der Waals surface area contributed by atoms with E-state index in [1.165, 1.54) is 54.6 Å². The Balaban J connectivity index is 0.000000156. The van der Waals surface area contributed by atoms with Gasteiger partial charge < -0.3 is 58.2 Å². The zero-order valence-electron chi connectivity index (χ0n) is 46.4. The number of aromatic nitrogens is 4. The van der Waals surface area contributed by atoms with Crippen molar-refractivity contribution in [1.29, 1.82) is 0 Å². The smallest absolute Gasteiger partial charge is 0.132 e. The van der Waals surface area contributed by atoms with E-state index in [2.05, 4.69) is 35.1 Å². The predicted octanol–water partition coefficient (Wildman–Crippen LogP) is 12.4. The quantitative estimate of drug-likeness (QED) is 0.0375. The summed E-state index contributed by atoms with van der Waals surface area (Å²) in [7, 11) is 3.12. The number of halogens is 4. The summed E-state index contributed by atoms with van der Waals surface area (Å²) in [6.45, 7) is 13.3. The van der Waals surface area contributed by atoms with Crippen molar-refractivity contribution in [2.45, 2.75) is 92.7 Å². The minimum absolute atomic E-state index is 0.0135. The fraction of sp³-hybridized carbons (Fsp3) is 0.312. The number of benzene rings is 6. The van der Waals surface area contributed by atoms with Gasteiger partial charge in [0.1, 0.15) is 52.9 Å². The Bertz CT molecular complexity index is 3590. The third-order valence-electron chi connectivity index (χ3n) is 13.9. The highest BCUT2D eigenvalue weighted by Crippen LogP contribution is 2.36. The van der Waals surface area contributed by atoms with Gasteiger partial charge in [0.05, 0.1) is 36.3 Å². The molecule has 16 heteroatoms. The Morgan fingerprint density at radius 1 is 0.438 bits per heavy atom. The van der Waals surface area contributed by atoms with Crippen molar-refractivity contribution in [2.24, 2.45) is 0 Å². The highest BCUT2D eigenvalue weighted by Gasteiger charge is 2.18. The van der Waals surface area contributed by atoms with Crippen molar-refractivity contribution >= 4 is 43.6 Å². The van der Waals surface area contributed by atoms with E-state index in [0.29, 0.717) is 60.6 Å². The molecule has 0 bridgehead atoms. The molecule has 0 radical (unpaired) electrons. The second-order valence-corrected chi connectivity index (χ2v) is 19.0. The molecule has 0 aliphatic rings. The Labute approximate surface area is 464 Å². The molecule has 0 aliphatic heterocycles. The van der Waals surface area contributed by atoms with Crippen molar-refractivity contribution in [2.75, 3.05) is 40.6 Å². The van der Waals surface area contributed by atoms with Gasteiger partial charge >= 0.3 is 0 Å². The zero-order valence-corrected chi connectivity index (χ0v) is 46.4. The van der Waals surface area contributed by atoms with Gasteiger partial charge in [-0.1, -0.05) is 60.7 Å². The number of aryl methyl sites for hydroxylation is 4. The molecule has 4 aromatic heterocycles. The number of hydrogen-bond acceptors (Lipinski definition) is 8. The van der Waals surface area contributed by atoms with Crippen LogP contribution in [0.4, 0.5) is 17.6 Å². The van der Waals surface area contributed by atoms with Gasteiger partial charge in [0.2, 0.25) is 0 Å². The van der Waals surface area contributed by atoms with E-state index in [1.54, 1.807) is 13.2 Å². The first-order valence-electron chi connectivity index (χ1n) is 27.1. The Hall–Kier alpha value is -7.76. The molecule has 0 amide bonds. The van der Waals surface area contributed by atoms with Crippen LogP contribution in [0.1, 0.15) is 61.1 Å². The van der Waals surface area contributed by atoms with Gasteiger partial charge in [-0.2, -0.15) is 0 Å². The minimum atomic E-state index is -0.451. The fourth-order valence-corrected chi connectivity index (χ4v) is 10.2. The van der Waals surface area contributed by atoms with Crippen LogP contribution in [-0.2, 0) is 65.0 Å². The second-order valence-electron chi connectivity index (χ2n) is 19.0. The molecule has 0 saturated heterocycles. The van der Waals surface area contributed by atoms with Crippen molar-refractivity contribution < 1.29 is 52.2 Å². The number of phenols is 1. The molecule has 0 saturated carbocycles. The number of nitrogens with one attached hydrogen (secondary N) is 1. The van der Waals surface area contributed by atoms with Crippen LogP contribution in [-0.4, -0.2) is 79.3 Å². The number of methoxy groups -OCH3 is 2. The lowest BCUT2D eigenvalue weighted by molar-refractivity contribution is 0.298. The van der Waals surface area contributed by atoms with Crippen LogP contribution in [0.3, 0.4) is 0 Å². The largest absolute Gasteiger partial charge is 0.507 e. The maximum Gasteiger partial charge on any atom is 0.132 e. The van der Waals surface area contributed by atoms with E-state index in [4.69, 9.17) is 24.4 Å². The average Bonchev–Trinajstić information content (AvgIpc) is 4.32. The van der Waals surface area contributed by atoms with Gasteiger partial charge in [0, 0.05) is 123 Å². The molecule has 10 aromatic rings. The summed E-state index contributed by atoms with van der Waals surface area (Å²) >= 11 is 0. The molecule has 0 unspecified atom stereocenters. The number of hydrogen-bond donors (Lipinski definition) is 5. The maximum absolute atomic E-state index is 14.0. The van der Waals surface area contributed by atoms with Gasteiger partial charge in [-0.3, -0.25) is 0 Å². The average molecular weight is 1100 g/mol. The summed E-state index contributed by atoms with van der Waals surface area (Å²) in [4.78, 5) is 0. The third kappa shape index (κ3) is 14.3. The maximum atomic E-state index is 14.0. The van der Waals surface area contributed by atoms with Gasteiger partial charge in [-0.25, -0.2) is 17.6 Å². The van der Waals surface area contributed by atoms with Crippen LogP contribution in [0, 0.1) is 23.3 Å². The molecule has 4 heterocycles. The number of nitrogens with zero attached hydrogens (tertiary/aromatic N) is 4. The number of aromatic hydroxyl groups is 1. The van der Waals surface area contributed by atoms with E-state index >= 15 is 0 Å². The number of phenolic OH excluding ortho intramolecular Hbond substituents is 1. The molecule has 424 valence electrons. The number of fused-ring (bicyclic) bond motifs is 4. The Morgan fingerprint density at radius 3 is 1.19 bits per heavy atom. The highest BCUT2D eigenvalue weighted by atomic mass is 19.1. The summed E-state index contributed by atoms with van der Waals surface area (Å²) in [6, 6.07) is 31.5. The number of ether oxygens (including phenoxy) is 3. The van der Waals surface area contributed by atoms with Crippen LogP contribution in [0.2, 0.25) is 0 Å². The molecule has 80 heavy (non-hydrogen) atoms. The lowest BCUT2D eigenvalue weighted by Gasteiger charge is -2.10. The van der Waals surface area contributed by atoms with Crippen molar-refractivity contribution in [3.8, 4) is 23.0 Å². The minimum Gasteiger partial charge on any atom is -0.507 e. The van der Waals surface area contributed by atoms with Crippen LogP contribution >= 0.6 is 0 Å². The van der Waals surface area contributed by atoms with Gasteiger partial charge in [-0.05, 0) is 118 Å². The zero-order chi connectivity index (χ0) is 57.3. The summed E-state index contributed by atoms with van der Waals surface area (Å²) in [5.41, 5.74) is 9.48. The van der Waals surface area contributed by atoms with E-state index in [0.717, 1.165) is 100 Å². The van der Waals surface area contributed by atoms with Crippen LogP contribution in [0.25, 0.3) is 43.6 Å². The molecule has 6 aromatic carbocycles. The molecular formula is C64H73F4N5O7. The molecule has 12 nitrogen and oxygen atoms in total. The van der Waals surface area contributed by atoms with Gasteiger partial charge in [0.15, 0.2) is 0 Å². The monoisotopic (exact) mass is 1100 g/mol. The summed E-state index contributed by atoms with van der Waals surface area (Å²) in [5.74, 6) is 0.256. The number of rotatable bonds is 20. The standard InChI is InChI=1S/C20H23FN2O.C19H20FNO2.C13H16FNO2.C12H14FNO2/c1-3-23-14-16(9-10-22-13-15-7-5-4-6-8-15)20-18(23)11-17(21)12-19(20)24-2;1-2-21-12-15(8-9-22)19-17(21)10-16(20)11-18(19)23-13-14-6-4-3-5-7-14;1-3-15-8-9(4-5-16)13-11(15)6-10(14)7-12(13)17-2;1-2-14-7-8(3-4-15)12-10(14)5-9(13)6-11(12)16/h4-8,11-12,14,22H,3,9-10,13H2,1-2H3;3-7,10-12,22H,2,8-9,13H2,1H3;6-8,16H,3-5H2,1-2H3;5-7,15-16H,2-4H2,1H3. The number of aliphatic hydroxyl groups is 3. The lowest BCUT2D eigenvalue weighted by Crippen LogP contribution is -2.16. The van der Waals surface area contributed by atoms with Crippen LogP contribution in [0.15, 0.2) is 134 Å². The summed E-state index contributed by atoms with van der Waals surface area (Å²) in [6.07, 6.45) is 10.3. The molecule has 0 fully saturated rings.